The van der Waals surface area contributed by atoms with Gasteiger partial charge in [-0.25, -0.2) is 14.3 Å². The van der Waals surface area contributed by atoms with Gasteiger partial charge < -0.3 is 61.9 Å². The van der Waals surface area contributed by atoms with Gasteiger partial charge in [0, 0.05) is 47.6 Å². The van der Waals surface area contributed by atoms with E-state index in [9.17, 15) is 58.1 Å². The molecule has 322 valence electrons. The Labute approximate surface area is 341 Å². The van der Waals surface area contributed by atoms with Crippen LogP contribution in [0.1, 0.15) is 38.4 Å². The van der Waals surface area contributed by atoms with Crippen LogP contribution in [0.5, 0.6) is 0 Å². The van der Waals surface area contributed by atoms with Crippen LogP contribution in [-0.4, -0.2) is 137 Å². The standard InChI is InChI=1S/C35H48N9O13PS/c1-17(2)8-23-30(47)41-25(10-20-12-36-16-38-20)32(49)42-26(13-45)33(50)44-29(18(3)57-58(54,55)56)34(51)43-27(35(52)53)14-59-15-28(46)39-24(31(48)40-23)9-19-11-37-22-7-5-4-6-21(19)22/h4-7,11-12,16-18,23-27,29,37,45H,8-10,13-15H2,1-3H3,(H,36,38)(H,39,46)(H,40,48)(H,41,47)(H,42,49)(H,43,51)(H,44,50)(H,52,53)(H2,54,55,56)/t18-,23+,24+,25+,26+,27+,29+/m1/s1. The summed E-state index contributed by atoms with van der Waals surface area (Å²) in [4.78, 5) is 123. The molecule has 24 heteroatoms. The maximum atomic E-state index is 14.1. The number of aliphatic hydroxyl groups is 1. The summed E-state index contributed by atoms with van der Waals surface area (Å²) >= 11 is 0.761. The van der Waals surface area contributed by atoms with Crippen molar-refractivity contribution in [2.24, 2.45) is 5.92 Å². The number of fused-ring (bicyclic) bond motifs is 1. The number of aromatic nitrogens is 3. The molecule has 0 unspecified atom stereocenters. The zero-order valence-electron chi connectivity index (χ0n) is 32.2. The molecule has 3 heterocycles. The largest absolute Gasteiger partial charge is 0.480 e. The van der Waals surface area contributed by atoms with Gasteiger partial charge in [-0.1, -0.05) is 32.0 Å². The first-order valence-electron chi connectivity index (χ1n) is 18.3. The van der Waals surface area contributed by atoms with E-state index in [0.717, 1.165) is 29.6 Å². The second-order valence-electron chi connectivity index (χ2n) is 14.2. The minimum absolute atomic E-state index is 0.0409. The number of para-hydroxylation sites is 1. The normalized spacial score (nSPS) is 24.2. The molecule has 2 aromatic heterocycles. The summed E-state index contributed by atoms with van der Waals surface area (Å²) in [7, 11) is -5.30. The SMILES string of the molecule is CC(C)C[C@@H]1NC(=O)[C@H](Cc2c[nH]c3ccccc23)NC(=O)CSC[C@@H](C(=O)O)NC(=O)[C@H]([C@@H](C)OP(=O)(O)O)NC(=O)[C@H](CO)NC(=O)[C@H](Cc2cnc[nH]2)NC1=O. The molecule has 1 aromatic carbocycles. The van der Waals surface area contributed by atoms with Crippen LogP contribution < -0.4 is 31.9 Å². The molecule has 1 aliphatic heterocycles. The lowest BCUT2D eigenvalue weighted by atomic mass is 10.00. The summed E-state index contributed by atoms with van der Waals surface area (Å²) in [6, 6.07) is -2.33. The van der Waals surface area contributed by atoms with E-state index in [4.69, 9.17) is 0 Å². The lowest BCUT2D eigenvalue weighted by Gasteiger charge is -2.28. The minimum Gasteiger partial charge on any atom is -0.480 e. The first kappa shape index (κ1) is 46.4. The Kier molecular flexibility index (Phi) is 16.6. The second-order valence-corrected chi connectivity index (χ2v) is 16.4. The fourth-order valence-electron chi connectivity index (χ4n) is 6.14. The monoisotopic (exact) mass is 865 g/mol. The summed E-state index contributed by atoms with van der Waals surface area (Å²) in [5.74, 6) is -8.44. The van der Waals surface area contributed by atoms with Crippen LogP contribution in [0.2, 0.25) is 0 Å². The van der Waals surface area contributed by atoms with Gasteiger partial charge in [0.2, 0.25) is 35.4 Å². The highest BCUT2D eigenvalue weighted by Crippen LogP contribution is 2.38. The molecule has 0 spiro atoms. The third-order valence-corrected chi connectivity index (χ3v) is 10.6. The second kappa shape index (κ2) is 21.1. The van der Waals surface area contributed by atoms with Crippen molar-refractivity contribution in [2.75, 3.05) is 18.1 Å². The third-order valence-electron chi connectivity index (χ3n) is 9.00. The molecule has 12 N–H and O–H groups in total. The molecule has 6 amide bonds. The van der Waals surface area contributed by atoms with E-state index in [1.54, 1.807) is 26.1 Å². The molecule has 3 aromatic rings. The van der Waals surface area contributed by atoms with Crippen molar-refractivity contribution in [3.8, 4) is 0 Å². The number of phosphoric ester groups is 1. The lowest BCUT2D eigenvalue weighted by molar-refractivity contribution is -0.142. The maximum Gasteiger partial charge on any atom is 0.469 e. The number of rotatable bonds is 11. The van der Waals surface area contributed by atoms with Gasteiger partial charge in [-0.15, -0.1) is 11.8 Å². The number of carboxylic acids is 1. The van der Waals surface area contributed by atoms with Gasteiger partial charge >= 0.3 is 13.8 Å². The van der Waals surface area contributed by atoms with Crippen LogP contribution in [0.3, 0.4) is 0 Å². The number of carbonyl (C=O) groups excluding carboxylic acids is 6. The Morgan fingerprint density at radius 1 is 0.847 bits per heavy atom. The Morgan fingerprint density at radius 3 is 2.10 bits per heavy atom. The Bertz CT molecular complexity index is 2030. The van der Waals surface area contributed by atoms with E-state index in [0.29, 0.717) is 11.3 Å². The van der Waals surface area contributed by atoms with E-state index < -0.39 is 110 Å². The quantitative estimate of drug-likeness (QED) is 0.0924. The van der Waals surface area contributed by atoms with Crippen LogP contribution in [0, 0.1) is 5.92 Å². The molecule has 59 heavy (non-hydrogen) atoms. The van der Waals surface area contributed by atoms with Crippen molar-refractivity contribution in [1.82, 2.24) is 46.9 Å². The number of hydrogen-bond acceptors (Lipinski definition) is 12. The average molecular weight is 866 g/mol. The molecule has 1 fully saturated rings. The summed E-state index contributed by atoms with van der Waals surface area (Å²) in [5, 5.41) is 35.4. The average Bonchev–Trinajstić information content (AvgIpc) is 3.83. The minimum atomic E-state index is -5.30. The van der Waals surface area contributed by atoms with Crippen LogP contribution in [0.15, 0.2) is 43.0 Å². The highest BCUT2D eigenvalue weighted by molar-refractivity contribution is 8.00. The fourth-order valence-corrected chi connectivity index (χ4v) is 7.54. The predicted molar refractivity (Wildman–Crippen MR) is 210 cm³/mol. The van der Waals surface area contributed by atoms with Crippen LogP contribution in [0.25, 0.3) is 10.9 Å². The Morgan fingerprint density at radius 2 is 1.47 bits per heavy atom. The fraction of sp³-hybridized carbons (Fsp3) is 0.486. The molecule has 1 aliphatic rings. The molecular weight excluding hydrogens is 817 g/mol. The van der Waals surface area contributed by atoms with E-state index in [2.05, 4.69) is 51.4 Å². The van der Waals surface area contributed by atoms with Gasteiger partial charge in [0.05, 0.1) is 24.8 Å². The Hall–Kier alpha value is -5.32. The molecule has 0 radical (unpaired) electrons. The number of amides is 6. The van der Waals surface area contributed by atoms with Gasteiger partial charge in [0.15, 0.2) is 0 Å². The van der Waals surface area contributed by atoms with Gasteiger partial charge in [-0.2, -0.15) is 0 Å². The molecule has 0 aliphatic carbocycles. The zero-order chi connectivity index (χ0) is 43.4. The number of carboxylic acid groups (broad SMARTS) is 1. The van der Waals surface area contributed by atoms with Gasteiger partial charge in [-0.3, -0.25) is 33.3 Å². The van der Waals surface area contributed by atoms with Crippen molar-refractivity contribution < 1.29 is 62.7 Å². The van der Waals surface area contributed by atoms with E-state index in [-0.39, 0.29) is 25.2 Å². The zero-order valence-corrected chi connectivity index (χ0v) is 33.9. The maximum absolute atomic E-state index is 14.1. The number of aliphatic carboxylic acids is 1. The Balaban J connectivity index is 1.74. The molecule has 22 nitrogen and oxygen atoms in total. The van der Waals surface area contributed by atoms with E-state index in [1.165, 1.54) is 12.5 Å². The number of H-pyrrole nitrogens is 2. The van der Waals surface area contributed by atoms with Crippen molar-refractivity contribution in [3.05, 3.63) is 54.2 Å². The topological polar surface area (TPSA) is 343 Å². The first-order valence-corrected chi connectivity index (χ1v) is 21.0. The molecule has 1 saturated heterocycles. The first-order chi connectivity index (χ1) is 27.8. The van der Waals surface area contributed by atoms with Gasteiger partial charge in [-0.05, 0) is 30.9 Å². The number of hydrogen-bond donors (Lipinski definition) is 12. The molecule has 0 saturated carbocycles. The smallest absolute Gasteiger partial charge is 0.469 e. The van der Waals surface area contributed by atoms with Crippen molar-refractivity contribution >= 4 is 71.9 Å². The van der Waals surface area contributed by atoms with Gasteiger partial charge in [0.1, 0.15) is 36.3 Å². The summed E-state index contributed by atoms with van der Waals surface area (Å²) in [5.41, 5.74) is 1.78. The van der Waals surface area contributed by atoms with Crippen LogP contribution in [0.4, 0.5) is 0 Å². The summed E-state index contributed by atoms with van der Waals surface area (Å²) < 4.78 is 16.3. The van der Waals surface area contributed by atoms with E-state index >= 15 is 0 Å². The third kappa shape index (κ3) is 13.9. The number of aliphatic hydroxyl groups excluding tert-OH is 1. The molecule has 4 rings (SSSR count). The van der Waals surface area contributed by atoms with Crippen molar-refractivity contribution in [3.63, 3.8) is 0 Å². The highest BCUT2D eigenvalue weighted by Gasteiger charge is 2.38. The van der Waals surface area contributed by atoms with E-state index in [1.807, 2.05) is 18.2 Å². The molecule has 0 bridgehead atoms. The number of carbonyl (C=O) groups is 7. The van der Waals surface area contributed by atoms with Gasteiger partial charge in [0.25, 0.3) is 0 Å². The molecule has 7 atom stereocenters. The number of phosphoric acid groups is 1. The van der Waals surface area contributed by atoms with Crippen molar-refractivity contribution in [2.45, 2.75) is 82.4 Å². The number of benzene rings is 1. The lowest BCUT2D eigenvalue weighted by Crippen LogP contribution is -2.62. The summed E-state index contributed by atoms with van der Waals surface area (Å²) in [6.07, 6.45) is 2.36. The summed E-state index contributed by atoms with van der Waals surface area (Å²) in [6.45, 7) is 3.51. The van der Waals surface area contributed by atoms with Crippen molar-refractivity contribution in [1.29, 1.82) is 0 Å². The number of thioether (sulfide) groups is 1. The number of nitrogens with zero attached hydrogens (tertiary/aromatic N) is 1. The molecular formula is C35H48N9O13PS. The van der Waals surface area contributed by atoms with Crippen LogP contribution in [-0.2, 0) is 55.5 Å². The number of nitrogens with one attached hydrogen (secondary N) is 8. The number of aromatic amines is 2. The predicted octanol–water partition coefficient (Wildman–Crippen LogP) is -2.05. The van der Waals surface area contributed by atoms with Crippen LogP contribution >= 0.6 is 19.6 Å². The highest BCUT2D eigenvalue weighted by atomic mass is 32.2. The number of imidazole rings is 1.